The van der Waals surface area contributed by atoms with Crippen LogP contribution in [-0.2, 0) is 11.2 Å². The van der Waals surface area contributed by atoms with E-state index in [0.717, 1.165) is 19.3 Å². The molecule has 0 radical (unpaired) electrons. The van der Waals surface area contributed by atoms with Crippen molar-refractivity contribution in [3.05, 3.63) is 29.8 Å². The van der Waals surface area contributed by atoms with Gasteiger partial charge in [0.05, 0.1) is 0 Å². The second-order valence-electron chi connectivity index (χ2n) is 4.80. The van der Waals surface area contributed by atoms with Crippen molar-refractivity contribution in [1.29, 1.82) is 0 Å². The number of carbonyl (C=O) groups excluding carboxylic acids is 1. The normalized spacial score (nSPS) is 15.6. The van der Waals surface area contributed by atoms with Crippen LogP contribution in [0.15, 0.2) is 24.3 Å². The minimum atomic E-state index is -0.973. The number of hydrogen-bond acceptors (Lipinski definition) is 2. The predicted octanol–water partition coefficient (Wildman–Crippen LogP) is 2.23. The molecule has 0 bridgehead atoms. The average Bonchev–Trinajstić information content (AvgIpc) is 3.21. The molecule has 0 saturated heterocycles. The van der Waals surface area contributed by atoms with Crippen molar-refractivity contribution in [3.63, 3.8) is 0 Å². The van der Waals surface area contributed by atoms with Gasteiger partial charge in [0.25, 0.3) is 0 Å². The smallest absolute Gasteiger partial charge is 0.326 e. The zero-order chi connectivity index (χ0) is 13.8. The quantitative estimate of drug-likeness (QED) is 0.761. The number of nitrogens with one attached hydrogen (secondary N) is 2. The summed E-state index contributed by atoms with van der Waals surface area (Å²) in [5.41, 5.74) is 1.85. The molecular weight excluding hydrogens is 244 g/mol. The van der Waals surface area contributed by atoms with Gasteiger partial charge in [-0.15, -0.1) is 0 Å². The minimum Gasteiger partial charge on any atom is -0.480 e. The van der Waals surface area contributed by atoms with Gasteiger partial charge in [0, 0.05) is 5.69 Å². The van der Waals surface area contributed by atoms with E-state index in [1.165, 1.54) is 5.56 Å². The van der Waals surface area contributed by atoms with Crippen molar-refractivity contribution in [2.24, 2.45) is 5.92 Å². The fraction of sp³-hybridized carbons (Fsp3) is 0.429. The molecule has 0 heterocycles. The van der Waals surface area contributed by atoms with Crippen LogP contribution in [0.1, 0.15) is 25.3 Å². The Morgan fingerprint density at radius 2 is 1.95 bits per heavy atom. The van der Waals surface area contributed by atoms with E-state index in [1.807, 2.05) is 24.3 Å². The lowest BCUT2D eigenvalue weighted by Gasteiger charge is -2.14. The summed E-state index contributed by atoms with van der Waals surface area (Å²) in [4.78, 5) is 22.7. The van der Waals surface area contributed by atoms with Crippen LogP contribution in [0, 0.1) is 5.92 Å². The molecule has 1 aliphatic rings. The van der Waals surface area contributed by atoms with Crippen molar-refractivity contribution in [3.8, 4) is 0 Å². The Hall–Kier alpha value is -2.04. The maximum Gasteiger partial charge on any atom is 0.326 e. The molecule has 1 saturated carbocycles. The van der Waals surface area contributed by atoms with Crippen LogP contribution in [-0.4, -0.2) is 23.1 Å². The fourth-order valence-electron chi connectivity index (χ4n) is 1.94. The molecule has 3 N–H and O–H groups in total. The van der Waals surface area contributed by atoms with Gasteiger partial charge >= 0.3 is 12.0 Å². The third-order valence-electron chi connectivity index (χ3n) is 3.27. The lowest BCUT2D eigenvalue weighted by Crippen LogP contribution is -2.44. The van der Waals surface area contributed by atoms with E-state index in [2.05, 4.69) is 17.6 Å². The van der Waals surface area contributed by atoms with Crippen LogP contribution in [0.2, 0.25) is 0 Å². The van der Waals surface area contributed by atoms with Crippen LogP contribution in [0.25, 0.3) is 0 Å². The fourth-order valence-corrected chi connectivity index (χ4v) is 1.94. The number of benzene rings is 1. The number of amides is 2. The van der Waals surface area contributed by atoms with Gasteiger partial charge in [-0.1, -0.05) is 19.1 Å². The number of carboxylic acids is 1. The standard InChI is InChI=1S/C14H18N2O3/c1-2-9-3-7-11(8-4-9)15-14(19)16-12(13(17)18)10-5-6-10/h3-4,7-8,10,12H,2,5-6H2,1H3,(H,17,18)(H2,15,16,19). The van der Waals surface area contributed by atoms with Gasteiger partial charge in [0.1, 0.15) is 6.04 Å². The molecule has 102 valence electrons. The molecule has 1 unspecified atom stereocenters. The van der Waals surface area contributed by atoms with Crippen LogP contribution < -0.4 is 10.6 Å². The van der Waals surface area contributed by atoms with Gasteiger partial charge in [-0.25, -0.2) is 9.59 Å². The largest absolute Gasteiger partial charge is 0.480 e. The van der Waals surface area contributed by atoms with Gasteiger partial charge in [0.15, 0.2) is 0 Å². The van der Waals surface area contributed by atoms with Gasteiger partial charge < -0.3 is 15.7 Å². The van der Waals surface area contributed by atoms with Gasteiger partial charge in [-0.05, 0) is 42.9 Å². The molecule has 1 aromatic carbocycles. The summed E-state index contributed by atoms with van der Waals surface area (Å²) < 4.78 is 0. The molecule has 0 aromatic heterocycles. The maximum atomic E-state index is 11.7. The minimum absolute atomic E-state index is 0.0747. The average molecular weight is 262 g/mol. The number of hydrogen-bond donors (Lipinski definition) is 3. The van der Waals surface area contributed by atoms with Gasteiger partial charge in [-0.3, -0.25) is 0 Å². The molecule has 2 amide bonds. The zero-order valence-corrected chi connectivity index (χ0v) is 10.8. The Balaban J connectivity index is 1.90. The highest BCUT2D eigenvalue weighted by molar-refractivity contribution is 5.92. The van der Waals surface area contributed by atoms with Crippen molar-refractivity contribution < 1.29 is 14.7 Å². The van der Waals surface area contributed by atoms with E-state index in [4.69, 9.17) is 5.11 Å². The van der Waals surface area contributed by atoms with Crippen molar-refractivity contribution in [2.75, 3.05) is 5.32 Å². The lowest BCUT2D eigenvalue weighted by molar-refractivity contribution is -0.139. The maximum absolute atomic E-state index is 11.7. The van der Waals surface area contributed by atoms with Gasteiger partial charge in [-0.2, -0.15) is 0 Å². The van der Waals surface area contributed by atoms with E-state index in [9.17, 15) is 9.59 Å². The Labute approximate surface area is 112 Å². The Bertz CT molecular complexity index is 466. The SMILES string of the molecule is CCc1ccc(NC(=O)NC(C(=O)O)C2CC2)cc1. The highest BCUT2D eigenvalue weighted by Crippen LogP contribution is 2.32. The van der Waals surface area contributed by atoms with Crippen LogP contribution in [0.5, 0.6) is 0 Å². The molecule has 2 rings (SSSR count). The number of carboxylic acid groups (broad SMARTS) is 1. The second-order valence-corrected chi connectivity index (χ2v) is 4.80. The van der Waals surface area contributed by atoms with E-state index >= 15 is 0 Å². The predicted molar refractivity (Wildman–Crippen MR) is 72.1 cm³/mol. The molecule has 1 fully saturated rings. The number of anilines is 1. The van der Waals surface area contributed by atoms with Crippen molar-refractivity contribution in [1.82, 2.24) is 5.32 Å². The van der Waals surface area contributed by atoms with E-state index in [0.29, 0.717) is 5.69 Å². The molecule has 19 heavy (non-hydrogen) atoms. The van der Waals surface area contributed by atoms with Crippen molar-refractivity contribution >= 4 is 17.7 Å². The van der Waals surface area contributed by atoms with Crippen LogP contribution in [0.3, 0.4) is 0 Å². The van der Waals surface area contributed by atoms with Crippen LogP contribution >= 0.6 is 0 Å². The Kier molecular flexibility index (Phi) is 4.04. The second kappa shape index (κ2) is 5.73. The number of aliphatic carboxylic acids is 1. The molecule has 0 spiro atoms. The molecule has 1 aliphatic carbocycles. The summed E-state index contributed by atoms with van der Waals surface area (Å²) in [7, 11) is 0. The first kappa shape index (κ1) is 13.4. The summed E-state index contributed by atoms with van der Waals surface area (Å²) in [6.45, 7) is 2.06. The number of urea groups is 1. The topological polar surface area (TPSA) is 78.4 Å². The first-order valence-electron chi connectivity index (χ1n) is 6.49. The summed E-state index contributed by atoms with van der Waals surface area (Å²) in [5, 5.41) is 14.2. The van der Waals surface area contributed by atoms with E-state index < -0.39 is 18.0 Å². The Morgan fingerprint density at radius 3 is 2.42 bits per heavy atom. The molecule has 0 aliphatic heterocycles. The molecule has 5 heteroatoms. The Morgan fingerprint density at radius 1 is 1.32 bits per heavy atom. The van der Waals surface area contributed by atoms with Crippen molar-refractivity contribution in [2.45, 2.75) is 32.2 Å². The van der Waals surface area contributed by atoms with E-state index in [-0.39, 0.29) is 5.92 Å². The molecule has 5 nitrogen and oxygen atoms in total. The molecular formula is C14H18N2O3. The number of carbonyl (C=O) groups is 2. The molecule has 1 atom stereocenters. The summed E-state index contributed by atoms with van der Waals surface area (Å²) in [5.74, 6) is -0.898. The number of rotatable bonds is 5. The number of aryl methyl sites for hydroxylation is 1. The third-order valence-corrected chi connectivity index (χ3v) is 3.27. The summed E-state index contributed by atoms with van der Waals surface area (Å²) in [6, 6.07) is 6.24. The molecule has 1 aromatic rings. The summed E-state index contributed by atoms with van der Waals surface area (Å²) in [6.07, 6.45) is 2.67. The summed E-state index contributed by atoms with van der Waals surface area (Å²) >= 11 is 0. The van der Waals surface area contributed by atoms with Gasteiger partial charge in [0.2, 0.25) is 0 Å². The monoisotopic (exact) mass is 262 g/mol. The third kappa shape index (κ3) is 3.71. The first-order valence-corrected chi connectivity index (χ1v) is 6.49. The van der Waals surface area contributed by atoms with Crippen LogP contribution in [0.4, 0.5) is 10.5 Å². The van der Waals surface area contributed by atoms with E-state index in [1.54, 1.807) is 0 Å². The first-order chi connectivity index (χ1) is 9.10. The highest BCUT2D eigenvalue weighted by atomic mass is 16.4. The zero-order valence-electron chi connectivity index (χ0n) is 10.8. The highest BCUT2D eigenvalue weighted by Gasteiger charge is 2.37. The lowest BCUT2D eigenvalue weighted by atomic mass is 10.1.